The molecule has 0 spiro atoms. The van der Waals surface area contributed by atoms with Crippen LogP contribution in [-0.2, 0) is 9.84 Å². The molecule has 0 aliphatic carbocycles. The van der Waals surface area contributed by atoms with E-state index in [1.165, 1.54) is 6.26 Å². The first-order valence-electron chi connectivity index (χ1n) is 5.03. The Kier molecular flexibility index (Phi) is 3.22. The van der Waals surface area contributed by atoms with Crippen LogP contribution in [0.1, 0.15) is 0 Å². The molecule has 0 saturated heterocycles. The minimum Gasteiger partial charge on any atom is -0.224 e. The van der Waals surface area contributed by atoms with E-state index in [2.05, 4.69) is 0 Å². The lowest BCUT2D eigenvalue weighted by Crippen LogP contribution is -1.96. The number of hydrogen-bond acceptors (Lipinski definition) is 2. The van der Waals surface area contributed by atoms with Crippen molar-refractivity contribution in [3.05, 3.63) is 53.6 Å². The Morgan fingerprint density at radius 3 is 2.12 bits per heavy atom. The molecule has 2 aromatic rings. The van der Waals surface area contributed by atoms with E-state index in [4.69, 9.17) is 11.6 Å². The van der Waals surface area contributed by atoms with Gasteiger partial charge in [-0.05, 0) is 35.4 Å². The summed E-state index contributed by atoms with van der Waals surface area (Å²) in [6, 6.07) is 14.2. The molecule has 0 unspecified atom stereocenters. The monoisotopic (exact) mass is 266 g/mol. The van der Waals surface area contributed by atoms with Crippen LogP contribution in [0.3, 0.4) is 0 Å². The normalized spacial score (nSPS) is 11.4. The zero-order valence-electron chi connectivity index (χ0n) is 9.22. The molecule has 0 radical (unpaired) electrons. The van der Waals surface area contributed by atoms with Gasteiger partial charge in [-0.2, -0.15) is 0 Å². The van der Waals surface area contributed by atoms with E-state index < -0.39 is 9.84 Å². The zero-order valence-corrected chi connectivity index (χ0v) is 10.8. The Hall–Kier alpha value is -1.32. The van der Waals surface area contributed by atoms with Gasteiger partial charge in [-0.25, -0.2) is 8.42 Å². The van der Waals surface area contributed by atoms with Crippen molar-refractivity contribution in [2.75, 3.05) is 6.26 Å². The minimum absolute atomic E-state index is 0.315. The van der Waals surface area contributed by atoms with E-state index in [0.717, 1.165) is 11.1 Å². The molecule has 0 fully saturated rings. The van der Waals surface area contributed by atoms with Crippen LogP contribution in [0.25, 0.3) is 11.1 Å². The number of rotatable bonds is 2. The van der Waals surface area contributed by atoms with Gasteiger partial charge in [-0.3, -0.25) is 0 Å². The number of sulfone groups is 1. The van der Waals surface area contributed by atoms with Gasteiger partial charge >= 0.3 is 0 Å². The van der Waals surface area contributed by atoms with Gasteiger partial charge in [-0.15, -0.1) is 0 Å². The van der Waals surface area contributed by atoms with Crippen molar-refractivity contribution in [3.63, 3.8) is 0 Å². The summed E-state index contributed by atoms with van der Waals surface area (Å²) in [7, 11) is -3.18. The number of halogens is 1. The molecule has 0 atom stereocenters. The van der Waals surface area contributed by atoms with Crippen molar-refractivity contribution in [1.29, 1.82) is 0 Å². The van der Waals surface area contributed by atoms with Gasteiger partial charge in [0, 0.05) is 11.3 Å². The fourth-order valence-electron chi connectivity index (χ4n) is 1.57. The second-order valence-electron chi connectivity index (χ2n) is 3.81. The second-order valence-corrected chi connectivity index (χ2v) is 6.26. The highest BCUT2D eigenvalue weighted by Crippen LogP contribution is 2.24. The SMILES string of the molecule is CS(=O)(=O)c1cccc(-c2cccc(Cl)c2)c1. The molecule has 0 heterocycles. The van der Waals surface area contributed by atoms with Crippen LogP contribution in [0.5, 0.6) is 0 Å². The lowest BCUT2D eigenvalue weighted by atomic mass is 10.1. The average Bonchev–Trinajstić information content (AvgIpc) is 2.28. The summed E-state index contributed by atoms with van der Waals surface area (Å²) in [6.45, 7) is 0. The largest absolute Gasteiger partial charge is 0.224 e. The van der Waals surface area contributed by atoms with Gasteiger partial charge in [0.1, 0.15) is 0 Å². The third-order valence-corrected chi connectivity index (χ3v) is 3.77. The molecule has 2 rings (SSSR count). The smallest absolute Gasteiger partial charge is 0.175 e. The van der Waals surface area contributed by atoms with Crippen molar-refractivity contribution in [3.8, 4) is 11.1 Å². The van der Waals surface area contributed by atoms with E-state index >= 15 is 0 Å². The quantitative estimate of drug-likeness (QED) is 0.835. The van der Waals surface area contributed by atoms with Crippen LogP contribution in [0.15, 0.2) is 53.4 Å². The zero-order chi connectivity index (χ0) is 12.5. The van der Waals surface area contributed by atoms with Crippen LogP contribution in [0.4, 0.5) is 0 Å². The predicted molar refractivity (Wildman–Crippen MR) is 70.0 cm³/mol. The van der Waals surface area contributed by atoms with Crippen LogP contribution >= 0.6 is 11.6 Å². The predicted octanol–water partition coefficient (Wildman–Crippen LogP) is 3.41. The Labute approximate surface area is 106 Å². The molecule has 0 aliphatic heterocycles. The van der Waals surface area contributed by atoms with Gasteiger partial charge in [0.05, 0.1) is 4.90 Å². The molecule has 2 aromatic carbocycles. The standard InChI is InChI=1S/C13H11ClO2S/c1-17(15,16)13-7-3-5-11(9-13)10-4-2-6-12(14)8-10/h2-9H,1H3. The highest BCUT2D eigenvalue weighted by Gasteiger charge is 2.08. The van der Waals surface area contributed by atoms with E-state index in [1.807, 2.05) is 24.3 Å². The van der Waals surface area contributed by atoms with Crippen molar-refractivity contribution in [2.24, 2.45) is 0 Å². The molecule has 0 saturated carbocycles. The molecule has 2 nitrogen and oxygen atoms in total. The van der Waals surface area contributed by atoms with E-state index in [0.29, 0.717) is 9.92 Å². The van der Waals surface area contributed by atoms with E-state index in [-0.39, 0.29) is 0 Å². The summed E-state index contributed by atoms with van der Waals surface area (Å²) < 4.78 is 22.9. The minimum atomic E-state index is -3.18. The third kappa shape index (κ3) is 2.87. The Morgan fingerprint density at radius 2 is 1.53 bits per heavy atom. The molecule has 0 aromatic heterocycles. The lowest BCUT2D eigenvalue weighted by Gasteiger charge is -2.04. The maximum Gasteiger partial charge on any atom is 0.175 e. The first-order chi connectivity index (χ1) is 7.97. The summed E-state index contributed by atoms with van der Waals surface area (Å²) >= 11 is 5.91. The third-order valence-electron chi connectivity index (χ3n) is 2.42. The summed E-state index contributed by atoms with van der Waals surface area (Å²) in [5.74, 6) is 0. The van der Waals surface area contributed by atoms with Crippen LogP contribution in [0, 0.1) is 0 Å². The van der Waals surface area contributed by atoms with E-state index in [9.17, 15) is 8.42 Å². The Bertz CT molecular complexity index is 648. The maximum absolute atomic E-state index is 11.5. The molecule has 17 heavy (non-hydrogen) atoms. The first kappa shape index (κ1) is 12.1. The van der Waals surface area contributed by atoms with Crippen LogP contribution in [-0.4, -0.2) is 14.7 Å². The highest BCUT2D eigenvalue weighted by molar-refractivity contribution is 7.90. The van der Waals surface area contributed by atoms with Crippen LogP contribution < -0.4 is 0 Å². The van der Waals surface area contributed by atoms with Gasteiger partial charge in [0.25, 0.3) is 0 Å². The maximum atomic E-state index is 11.5. The summed E-state index contributed by atoms with van der Waals surface area (Å²) in [6.07, 6.45) is 1.20. The molecule has 88 valence electrons. The summed E-state index contributed by atoms with van der Waals surface area (Å²) in [5, 5.41) is 0.632. The van der Waals surface area contributed by atoms with Gasteiger partial charge < -0.3 is 0 Å². The van der Waals surface area contributed by atoms with Gasteiger partial charge in [0.2, 0.25) is 0 Å². The Morgan fingerprint density at radius 1 is 0.941 bits per heavy atom. The number of hydrogen-bond donors (Lipinski definition) is 0. The molecular formula is C13H11ClO2S. The van der Waals surface area contributed by atoms with Crippen molar-refractivity contribution in [2.45, 2.75) is 4.90 Å². The number of benzene rings is 2. The topological polar surface area (TPSA) is 34.1 Å². The molecule has 0 amide bonds. The second kappa shape index (κ2) is 4.51. The van der Waals surface area contributed by atoms with Gasteiger partial charge in [0.15, 0.2) is 9.84 Å². The summed E-state index contributed by atoms with van der Waals surface area (Å²) in [5.41, 5.74) is 1.75. The molecule has 0 N–H and O–H groups in total. The van der Waals surface area contributed by atoms with E-state index in [1.54, 1.807) is 24.3 Å². The summed E-state index contributed by atoms with van der Waals surface area (Å²) in [4.78, 5) is 0.315. The molecule has 0 aliphatic rings. The van der Waals surface area contributed by atoms with Crippen LogP contribution in [0.2, 0.25) is 5.02 Å². The first-order valence-corrected chi connectivity index (χ1v) is 7.30. The van der Waals surface area contributed by atoms with Crippen molar-refractivity contribution < 1.29 is 8.42 Å². The molecule has 4 heteroatoms. The molecule has 0 bridgehead atoms. The fourth-order valence-corrected chi connectivity index (χ4v) is 2.43. The fraction of sp³-hybridized carbons (Fsp3) is 0.0769. The van der Waals surface area contributed by atoms with Crippen molar-refractivity contribution in [1.82, 2.24) is 0 Å². The highest BCUT2D eigenvalue weighted by atomic mass is 35.5. The lowest BCUT2D eigenvalue weighted by molar-refractivity contribution is 0.602. The van der Waals surface area contributed by atoms with Crippen molar-refractivity contribution >= 4 is 21.4 Å². The van der Waals surface area contributed by atoms with Gasteiger partial charge in [-0.1, -0.05) is 35.9 Å². The average molecular weight is 267 g/mol. The Balaban J connectivity index is 2.54. The molecular weight excluding hydrogens is 256 g/mol.